The topological polar surface area (TPSA) is 64.6 Å². The van der Waals surface area contributed by atoms with Crippen molar-refractivity contribution in [3.05, 3.63) is 47.8 Å². The second kappa shape index (κ2) is 7.09. The molecule has 0 aliphatic rings. The van der Waals surface area contributed by atoms with E-state index in [-0.39, 0.29) is 16.6 Å². The average Bonchev–Trinajstić information content (AvgIpc) is 2.53. The molecule has 0 radical (unpaired) electrons. The lowest BCUT2D eigenvalue weighted by Crippen LogP contribution is -2.11. The molecule has 0 fully saturated rings. The highest BCUT2D eigenvalue weighted by Crippen LogP contribution is 2.30. The Bertz CT molecular complexity index is 814. The summed E-state index contributed by atoms with van der Waals surface area (Å²) in [7, 11) is -0.389. The van der Waals surface area contributed by atoms with E-state index < -0.39 is 15.7 Å². The summed E-state index contributed by atoms with van der Waals surface area (Å²) in [4.78, 5) is 0.0469. The smallest absolute Gasteiger partial charge is 0.177 e. The molecule has 0 aliphatic carbocycles. The number of halogens is 1. The molecule has 0 saturated heterocycles. The van der Waals surface area contributed by atoms with Crippen LogP contribution in [0.4, 0.5) is 10.1 Å². The zero-order valence-electron chi connectivity index (χ0n) is 14.0. The Morgan fingerprint density at radius 2 is 1.62 bits per heavy atom. The highest BCUT2D eigenvalue weighted by molar-refractivity contribution is 7.90. The molecule has 2 aromatic rings. The van der Waals surface area contributed by atoms with Crippen LogP contribution in [0.25, 0.3) is 0 Å². The van der Waals surface area contributed by atoms with Crippen LogP contribution < -0.4 is 14.8 Å². The molecule has 0 saturated carbocycles. The van der Waals surface area contributed by atoms with E-state index in [0.29, 0.717) is 11.5 Å². The molecule has 0 aromatic heterocycles. The predicted molar refractivity (Wildman–Crippen MR) is 91.1 cm³/mol. The Morgan fingerprint density at radius 3 is 2.12 bits per heavy atom. The van der Waals surface area contributed by atoms with Gasteiger partial charge in [0.05, 0.1) is 24.8 Å². The molecule has 0 spiro atoms. The first-order chi connectivity index (χ1) is 11.2. The van der Waals surface area contributed by atoms with Crippen LogP contribution in [-0.2, 0) is 9.84 Å². The molecule has 0 bridgehead atoms. The van der Waals surface area contributed by atoms with Gasteiger partial charge >= 0.3 is 0 Å². The molecule has 130 valence electrons. The Balaban J connectivity index is 2.40. The van der Waals surface area contributed by atoms with Crippen LogP contribution in [0.2, 0.25) is 0 Å². The number of methoxy groups -OCH3 is 2. The second-order valence-electron chi connectivity index (χ2n) is 5.42. The average molecular weight is 353 g/mol. The second-order valence-corrected chi connectivity index (χ2v) is 7.41. The van der Waals surface area contributed by atoms with Crippen molar-refractivity contribution in [3.8, 4) is 11.5 Å². The number of benzene rings is 2. The quantitative estimate of drug-likeness (QED) is 0.806. The predicted octanol–water partition coefficient (Wildman–Crippen LogP) is 3.42. The highest BCUT2D eigenvalue weighted by atomic mass is 32.2. The molecule has 0 amide bonds. The van der Waals surface area contributed by atoms with Gasteiger partial charge in [-0.25, -0.2) is 12.8 Å². The van der Waals surface area contributed by atoms with E-state index >= 15 is 0 Å². The summed E-state index contributed by atoms with van der Waals surface area (Å²) in [5.41, 5.74) is 1.03. The van der Waals surface area contributed by atoms with Crippen LogP contribution in [0.1, 0.15) is 18.5 Å². The molecule has 0 heterocycles. The van der Waals surface area contributed by atoms with Crippen LogP contribution in [-0.4, -0.2) is 28.9 Å². The maximum absolute atomic E-state index is 13.6. The molecule has 0 aliphatic heterocycles. The third-order valence-electron chi connectivity index (χ3n) is 3.59. The lowest BCUT2D eigenvalue weighted by molar-refractivity contribution is 0.393. The largest absolute Gasteiger partial charge is 0.497 e. The first kappa shape index (κ1) is 18.1. The number of hydrogen-bond acceptors (Lipinski definition) is 5. The van der Waals surface area contributed by atoms with Gasteiger partial charge < -0.3 is 14.8 Å². The lowest BCUT2D eigenvalue weighted by atomic mass is 10.1. The summed E-state index contributed by atoms with van der Waals surface area (Å²) in [6.45, 7) is 1.84. The van der Waals surface area contributed by atoms with Gasteiger partial charge in [-0.15, -0.1) is 0 Å². The minimum absolute atomic E-state index is 0.0469. The van der Waals surface area contributed by atoms with Crippen molar-refractivity contribution in [3.63, 3.8) is 0 Å². The number of ether oxygens (including phenoxy) is 2. The van der Waals surface area contributed by atoms with E-state index in [9.17, 15) is 12.8 Å². The normalized spacial score (nSPS) is 12.5. The van der Waals surface area contributed by atoms with Crippen molar-refractivity contribution >= 4 is 15.5 Å². The minimum Gasteiger partial charge on any atom is -0.497 e. The Kier molecular flexibility index (Phi) is 5.33. The van der Waals surface area contributed by atoms with Crippen molar-refractivity contribution < 1.29 is 22.3 Å². The van der Waals surface area contributed by atoms with Gasteiger partial charge in [0.25, 0.3) is 0 Å². The maximum Gasteiger partial charge on any atom is 0.177 e. The van der Waals surface area contributed by atoms with Crippen LogP contribution in [0.5, 0.6) is 11.5 Å². The zero-order chi connectivity index (χ0) is 17.9. The van der Waals surface area contributed by atoms with Crippen LogP contribution in [0, 0.1) is 5.82 Å². The van der Waals surface area contributed by atoms with Crippen molar-refractivity contribution in [2.75, 3.05) is 25.8 Å². The summed E-state index contributed by atoms with van der Waals surface area (Å²) in [5.74, 6) is 0.710. The fourth-order valence-electron chi connectivity index (χ4n) is 2.33. The molecular formula is C17H20FNO4S. The molecule has 2 aromatic carbocycles. The van der Waals surface area contributed by atoms with Gasteiger partial charge in [-0.3, -0.25) is 0 Å². The van der Waals surface area contributed by atoms with Crippen molar-refractivity contribution in [1.29, 1.82) is 0 Å². The molecular weight excluding hydrogens is 333 g/mol. The number of nitrogens with one attached hydrogen (secondary N) is 1. The molecule has 7 heteroatoms. The third kappa shape index (κ3) is 4.17. The summed E-state index contributed by atoms with van der Waals surface area (Å²) in [6, 6.07) is 8.60. The van der Waals surface area contributed by atoms with Gasteiger partial charge in [0, 0.05) is 18.4 Å². The minimum atomic E-state index is -3.48. The lowest BCUT2D eigenvalue weighted by Gasteiger charge is -2.19. The Morgan fingerprint density at radius 1 is 1.04 bits per heavy atom. The monoisotopic (exact) mass is 353 g/mol. The summed E-state index contributed by atoms with van der Waals surface area (Å²) in [5, 5.41) is 3.05. The van der Waals surface area contributed by atoms with E-state index in [0.717, 1.165) is 17.9 Å². The molecule has 1 unspecified atom stereocenters. The van der Waals surface area contributed by atoms with Gasteiger partial charge in [-0.05, 0) is 42.8 Å². The fourth-order valence-corrected chi connectivity index (χ4v) is 3.17. The summed E-state index contributed by atoms with van der Waals surface area (Å²) >= 11 is 0. The van der Waals surface area contributed by atoms with Gasteiger partial charge in [0.15, 0.2) is 9.84 Å². The molecule has 1 atom stereocenters. The van der Waals surface area contributed by atoms with E-state index in [1.165, 1.54) is 12.1 Å². The fraction of sp³-hybridized carbons (Fsp3) is 0.294. The zero-order valence-corrected chi connectivity index (χ0v) is 14.8. The maximum atomic E-state index is 13.6. The van der Waals surface area contributed by atoms with Crippen LogP contribution >= 0.6 is 0 Å². The van der Waals surface area contributed by atoms with E-state index in [1.54, 1.807) is 32.4 Å². The first-order valence-electron chi connectivity index (χ1n) is 7.23. The SMILES string of the molecule is COc1cc(OC)cc(C(C)Nc2cc(F)ccc2S(C)(=O)=O)c1. The molecule has 2 rings (SSSR count). The van der Waals surface area contributed by atoms with Gasteiger partial charge in [-0.2, -0.15) is 0 Å². The Hall–Kier alpha value is -2.28. The van der Waals surface area contributed by atoms with Gasteiger partial charge in [-0.1, -0.05) is 0 Å². The van der Waals surface area contributed by atoms with Crippen molar-refractivity contribution in [2.24, 2.45) is 0 Å². The summed E-state index contributed by atoms with van der Waals surface area (Å²) < 4.78 is 47.8. The highest BCUT2D eigenvalue weighted by Gasteiger charge is 2.17. The number of rotatable bonds is 6. The molecule has 5 nitrogen and oxygen atoms in total. The third-order valence-corrected chi connectivity index (χ3v) is 4.74. The van der Waals surface area contributed by atoms with Crippen LogP contribution in [0.15, 0.2) is 41.3 Å². The van der Waals surface area contributed by atoms with E-state index in [1.807, 2.05) is 6.92 Å². The van der Waals surface area contributed by atoms with E-state index in [2.05, 4.69) is 5.32 Å². The van der Waals surface area contributed by atoms with E-state index in [4.69, 9.17) is 9.47 Å². The van der Waals surface area contributed by atoms with Crippen molar-refractivity contribution in [2.45, 2.75) is 17.9 Å². The first-order valence-corrected chi connectivity index (χ1v) is 9.13. The van der Waals surface area contributed by atoms with Gasteiger partial charge in [0.2, 0.25) is 0 Å². The van der Waals surface area contributed by atoms with Crippen molar-refractivity contribution in [1.82, 2.24) is 0 Å². The summed E-state index contributed by atoms with van der Waals surface area (Å²) in [6.07, 6.45) is 1.09. The number of hydrogen-bond donors (Lipinski definition) is 1. The molecule has 24 heavy (non-hydrogen) atoms. The molecule has 1 N–H and O–H groups in total. The standard InChI is InChI=1S/C17H20FNO4S/c1-11(12-7-14(22-2)10-15(8-12)23-3)19-16-9-13(18)5-6-17(16)24(4,20)21/h5-11,19H,1-4H3. The van der Waals surface area contributed by atoms with Crippen LogP contribution in [0.3, 0.4) is 0 Å². The Labute approximate surface area is 141 Å². The number of anilines is 1. The van der Waals surface area contributed by atoms with Gasteiger partial charge in [0.1, 0.15) is 17.3 Å². The number of sulfone groups is 1.